The lowest BCUT2D eigenvalue weighted by Crippen LogP contribution is -2.35. The molecule has 1 aliphatic rings. The van der Waals surface area contributed by atoms with Gasteiger partial charge in [0.2, 0.25) is 0 Å². The Morgan fingerprint density at radius 2 is 1.90 bits per heavy atom. The van der Waals surface area contributed by atoms with Gasteiger partial charge in [0.15, 0.2) is 0 Å². The molecular weight excluding hydrogens is 318 g/mol. The van der Waals surface area contributed by atoms with Crippen LogP contribution in [0.5, 0.6) is 0 Å². The second-order valence-corrected chi connectivity index (χ2v) is 6.08. The van der Waals surface area contributed by atoms with Crippen LogP contribution in [-0.4, -0.2) is 47.1 Å². The van der Waals surface area contributed by atoms with Gasteiger partial charge in [0, 0.05) is 19.1 Å². The zero-order chi connectivity index (χ0) is 14.4. The highest BCUT2D eigenvalue weighted by Gasteiger charge is 2.18. The van der Waals surface area contributed by atoms with E-state index in [4.69, 9.17) is 0 Å². The third kappa shape index (κ3) is 4.06. The van der Waals surface area contributed by atoms with Gasteiger partial charge in [-0.05, 0) is 55.2 Å². The Balaban J connectivity index is 1.91. The standard InChI is InChI=1S/C14H24BrN5/c1-3-6-16-13-12(15)14(19-10-18-13)17-9-11(2)20-7-4-5-8-20/h10-11H,3-9H2,1-2H3,(H2,16,17,18,19). The van der Waals surface area contributed by atoms with E-state index < -0.39 is 0 Å². The van der Waals surface area contributed by atoms with Crippen LogP contribution in [0.15, 0.2) is 10.8 Å². The summed E-state index contributed by atoms with van der Waals surface area (Å²) in [6, 6.07) is 0.534. The van der Waals surface area contributed by atoms with Gasteiger partial charge >= 0.3 is 0 Å². The SMILES string of the molecule is CCCNc1ncnc(NCC(C)N2CCCC2)c1Br. The fourth-order valence-electron chi connectivity index (χ4n) is 2.42. The highest BCUT2D eigenvalue weighted by atomic mass is 79.9. The van der Waals surface area contributed by atoms with Gasteiger partial charge in [-0.2, -0.15) is 0 Å². The molecule has 0 aliphatic carbocycles. The summed E-state index contributed by atoms with van der Waals surface area (Å²) in [6.45, 7) is 8.67. The van der Waals surface area contributed by atoms with Crippen LogP contribution in [-0.2, 0) is 0 Å². The number of likely N-dealkylation sites (tertiary alicyclic amines) is 1. The van der Waals surface area contributed by atoms with Crippen molar-refractivity contribution in [2.45, 2.75) is 39.2 Å². The summed E-state index contributed by atoms with van der Waals surface area (Å²) >= 11 is 3.58. The summed E-state index contributed by atoms with van der Waals surface area (Å²) in [6.07, 6.45) is 5.33. The lowest BCUT2D eigenvalue weighted by atomic mass is 10.3. The summed E-state index contributed by atoms with van der Waals surface area (Å²) in [5.41, 5.74) is 0. The Kier molecular flexibility index (Phi) is 6.04. The summed E-state index contributed by atoms with van der Waals surface area (Å²) in [7, 11) is 0. The average Bonchev–Trinajstić information content (AvgIpc) is 2.99. The smallest absolute Gasteiger partial charge is 0.146 e. The number of nitrogens with zero attached hydrogens (tertiary/aromatic N) is 3. The molecule has 1 fully saturated rings. The number of halogens is 1. The van der Waals surface area contributed by atoms with Crippen LogP contribution < -0.4 is 10.6 Å². The second kappa shape index (κ2) is 7.78. The van der Waals surface area contributed by atoms with E-state index in [9.17, 15) is 0 Å². The summed E-state index contributed by atoms with van der Waals surface area (Å²) in [4.78, 5) is 11.1. The zero-order valence-electron chi connectivity index (χ0n) is 12.3. The van der Waals surface area contributed by atoms with Crippen LogP contribution >= 0.6 is 15.9 Å². The third-order valence-electron chi connectivity index (χ3n) is 3.66. The molecule has 1 aliphatic heterocycles. The van der Waals surface area contributed by atoms with Gasteiger partial charge in [-0.15, -0.1) is 0 Å². The van der Waals surface area contributed by atoms with Crippen LogP contribution in [0.4, 0.5) is 11.6 Å². The van der Waals surface area contributed by atoms with E-state index in [1.807, 2.05) is 0 Å². The second-order valence-electron chi connectivity index (χ2n) is 5.28. The molecule has 6 heteroatoms. The van der Waals surface area contributed by atoms with Crippen molar-refractivity contribution in [3.05, 3.63) is 10.8 Å². The van der Waals surface area contributed by atoms with Crippen LogP contribution in [0.25, 0.3) is 0 Å². The van der Waals surface area contributed by atoms with Gasteiger partial charge in [-0.1, -0.05) is 6.92 Å². The maximum atomic E-state index is 4.32. The number of anilines is 2. The van der Waals surface area contributed by atoms with E-state index in [-0.39, 0.29) is 0 Å². The Morgan fingerprint density at radius 1 is 1.25 bits per heavy atom. The summed E-state index contributed by atoms with van der Waals surface area (Å²) in [5, 5.41) is 6.72. The van der Waals surface area contributed by atoms with E-state index in [2.05, 4.69) is 55.3 Å². The molecular formula is C14H24BrN5. The first-order valence-electron chi connectivity index (χ1n) is 7.44. The molecule has 1 atom stereocenters. The normalized spacial score (nSPS) is 17.1. The van der Waals surface area contributed by atoms with E-state index in [0.29, 0.717) is 6.04 Å². The lowest BCUT2D eigenvalue weighted by molar-refractivity contribution is 0.269. The molecule has 2 rings (SSSR count). The quantitative estimate of drug-likeness (QED) is 0.798. The van der Waals surface area contributed by atoms with Crippen molar-refractivity contribution in [1.82, 2.24) is 14.9 Å². The van der Waals surface area contributed by atoms with E-state index >= 15 is 0 Å². The van der Waals surface area contributed by atoms with Crippen molar-refractivity contribution in [3.8, 4) is 0 Å². The lowest BCUT2D eigenvalue weighted by Gasteiger charge is -2.24. The maximum Gasteiger partial charge on any atom is 0.146 e. The first-order chi connectivity index (χ1) is 9.72. The molecule has 1 aromatic rings. The molecule has 0 bridgehead atoms. The van der Waals surface area contributed by atoms with Crippen LogP contribution in [0.1, 0.15) is 33.1 Å². The van der Waals surface area contributed by atoms with Gasteiger partial charge in [0.25, 0.3) is 0 Å². The first-order valence-corrected chi connectivity index (χ1v) is 8.24. The third-order valence-corrected chi connectivity index (χ3v) is 4.41. The van der Waals surface area contributed by atoms with Crippen molar-refractivity contribution in [2.75, 3.05) is 36.8 Å². The molecule has 2 N–H and O–H groups in total. The summed E-state index contributed by atoms with van der Waals surface area (Å²) in [5.74, 6) is 1.72. The topological polar surface area (TPSA) is 53.1 Å². The zero-order valence-corrected chi connectivity index (χ0v) is 13.9. The van der Waals surface area contributed by atoms with Crippen LogP contribution in [0.3, 0.4) is 0 Å². The molecule has 2 heterocycles. The van der Waals surface area contributed by atoms with E-state index in [1.165, 1.54) is 25.9 Å². The molecule has 1 saturated heterocycles. The monoisotopic (exact) mass is 341 g/mol. The van der Waals surface area contributed by atoms with Gasteiger partial charge in [-0.3, -0.25) is 4.90 Å². The predicted molar refractivity (Wildman–Crippen MR) is 87.3 cm³/mol. The Hall–Kier alpha value is -0.880. The minimum absolute atomic E-state index is 0.534. The Bertz CT molecular complexity index is 420. The Labute approximate surface area is 129 Å². The number of rotatable bonds is 7. The van der Waals surface area contributed by atoms with Crippen molar-refractivity contribution < 1.29 is 0 Å². The van der Waals surface area contributed by atoms with Crippen molar-refractivity contribution in [1.29, 1.82) is 0 Å². The minimum Gasteiger partial charge on any atom is -0.369 e. The molecule has 0 amide bonds. The largest absolute Gasteiger partial charge is 0.369 e. The molecule has 0 radical (unpaired) electrons. The predicted octanol–water partition coefficient (Wildman–Crippen LogP) is 2.96. The molecule has 5 nitrogen and oxygen atoms in total. The van der Waals surface area contributed by atoms with Gasteiger partial charge < -0.3 is 10.6 Å². The maximum absolute atomic E-state index is 4.32. The van der Waals surface area contributed by atoms with E-state index in [0.717, 1.165) is 35.6 Å². The number of hydrogen-bond donors (Lipinski definition) is 2. The fraction of sp³-hybridized carbons (Fsp3) is 0.714. The molecule has 0 spiro atoms. The van der Waals surface area contributed by atoms with Crippen LogP contribution in [0, 0.1) is 0 Å². The van der Waals surface area contributed by atoms with Gasteiger partial charge in [-0.25, -0.2) is 9.97 Å². The number of nitrogens with one attached hydrogen (secondary N) is 2. The van der Waals surface area contributed by atoms with Crippen LogP contribution in [0.2, 0.25) is 0 Å². The molecule has 0 saturated carbocycles. The molecule has 1 aromatic heterocycles. The molecule has 0 aromatic carbocycles. The average molecular weight is 342 g/mol. The highest BCUT2D eigenvalue weighted by molar-refractivity contribution is 9.10. The number of hydrogen-bond acceptors (Lipinski definition) is 5. The highest BCUT2D eigenvalue weighted by Crippen LogP contribution is 2.26. The van der Waals surface area contributed by atoms with Crippen molar-refractivity contribution in [2.24, 2.45) is 0 Å². The van der Waals surface area contributed by atoms with Crippen molar-refractivity contribution in [3.63, 3.8) is 0 Å². The number of aromatic nitrogens is 2. The molecule has 112 valence electrons. The van der Waals surface area contributed by atoms with E-state index in [1.54, 1.807) is 6.33 Å². The fourth-order valence-corrected chi connectivity index (χ4v) is 2.90. The molecule has 1 unspecified atom stereocenters. The van der Waals surface area contributed by atoms with Gasteiger partial charge in [0.1, 0.15) is 22.4 Å². The van der Waals surface area contributed by atoms with Crippen molar-refractivity contribution >= 4 is 27.6 Å². The Morgan fingerprint density at radius 3 is 2.55 bits per heavy atom. The minimum atomic E-state index is 0.534. The van der Waals surface area contributed by atoms with Gasteiger partial charge in [0.05, 0.1) is 0 Å². The first kappa shape index (κ1) is 15.5. The summed E-state index contributed by atoms with van der Waals surface area (Å²) < 4.78 is 0.919. The molecule has 20 heavy (non-hydrogen) atoms.